The topological polar surface area (TPSA) is 38.3 Å². The van der Waals surface area contributed by atoms with E-state index in [0.29, 0.717) is 28.8 Å². The van der Waals surface area contributed by atoms with Gasteiger partial charge in [-0.25, -0.2) is 0 Å². The molecule has 2 rings (SSSR count). The highest BCUT2D eigenvalue weighted by atomic mass is 35.5. The average Bonchev–Trinajstić information content (AvgIpc) is 2.53. The summed E-state index contributed by atoms with van der Waals surface area (Å²) in [5.74, 6) is 2.26. The lowest BCUT2D eigenvalue weighted by atomic mass is 10.3. The van der Waals surface area contributed by atoms with Crippen LogP contribution in [0.4, 0.5) is 5.69 Å². The molecule has 3 nitrogen and oxygen atoms in total. The maximum absolute atomic E-state index is 11.8. The number of thioether (sulfide) groups is 1. The Hall–Kier alpha value is -1.36. The zero-order valence-electron chi connectivity index (χ0n) is 12.4. The molecule has 0 saturated carbocycles. The molecule has 0 atom stereocenters. The minimum absolute atomic E-state index is 0.0404. The number of rotatable bonds is 8. The summed E-state index contributed by atoms with van der Waals surface area (Å²) in [6.07, 6.45) is 0.438. The molecule has 0 unspecified atom stereocenters. The predicted octanol–water partition coefficient (Wildman–Crippen LogP) is 5.13. The van der Waals surface area contributed by atoms with E-state index < -0.39 is 0 Å². The van der Waals surface area contributed by atoms with Crippen molar-refractivity contribution in [2.24, 2.45) is 0 Å². The van der Waals surface area contributed by atoms with Gasteiger partial charge in [-0.05, 0) is 30.3 Å². The monoisotopic (exact) mass is 369 g/mol. The van der Waals surface area contributed by atoms with Crippen LogP contribution in [0.5, 0.6) is 5.75 Å². The number of halogens is 2. The molecule has 0 aromatic heterocycles. The smallest absolute Gasteiger partial charge is 0.225 e. The van der Waals surface area contributed by atoms with Gasteiger partial charge < -0.3 is 10.1 Å². The summed E-state index contributed by atoms with van der Waals surface area (Å²) < 4.78 is 5.58. The van der Waals surface area contributed by atoms with E-state index in [2.05, 4.69) is 5.32 Å². The maximum Gasteiger partial charge on any atom is 0.225 e. The fourth-order valence-corrected chi connectivity index (χ4v) is 2.92. The molecule has 6 heteroatoms. The van der Waals surface area contributed by atoms with E-state index in [0.717, 1.165) is 17.3 Å². The van der Waals surface area contributed by atoms with Crippen molar-refractivity contribution in [2.45, 2.75) is 6.42 Å². The summed E-state index contributed by atoms with van der Waals surface area (Å²) in [5.41, 5.74) is 0.647. The second kappa shape index (κ2) is 9.71. The number of nitrogens with one attached hydrogen (secondary N) is 1. The van der Waals surface area contributed by atoms with Crippen LogP contribution >= 0.6 is 35.0 Å². The lowest BCUT2D eigenvalue weighted by Gasteiger charge is -2.08. The molecule has 0 heterocycles. The molecule has 0 bridgehead atoms. The fourth-order valence-electron chi connectivity index (χ4n) is 1.82. The minimum Gasteiger partial charge on any atom is -0.493 e. The number of benzene rings is 2. The van der Waals surface area contributed by atoms with Gasteiger partial charge in [0.2, 0.25) is 5.91 Å². The van der Waals surface area contributed by atoms with Crippen LogP contribution in [0.1, 0.15) is 6.42 Å². The van der Waals surface area contributed by atoms with Crippen molar-refractivity contribution in [3.63, 3.8) is 0 Å². The summed E-state index contributed by atoms with van der Waals surface area (Å²) in [4.78, 5) is 11.8. The van der Waals surface area contributed by atoms with E-state index in [1.54, 1.807) is 36.0 Å². The van der Waals surface area contributed by atoms with Crippen LogP contribution in [0, 0.1) is 0 Å². The normalized spacial score (nSPS) is 10.3. The van der Waals surface area contributed by atoms with E-state index in [1.807, 2.05) is 24.3 Å². The Bertz CT molecular complexity index is 652. The molecular formula is C17H17Cl2NO2S. The molecule has 122 valence electrons. The second-order valence-corrected chi connectivity index (χ2v) is 6.76. The largest absolute Gasteiger partial charge is 0.493 e. The SMILES string of the molecule is O=C(CCSCCOc1cccc(Cl)c1)Nc1ccccc1Cl. The Balaban J connectivity index is 1.58. The average molecular weight is 370 g/mol. The van der Waals surface area contributed by atoms with Gasteiger partial charge in [0.1, 0.15) is 5.75 Å². The Labute approximate surface area is 150 Å². The molecular weight excluding hydrogens is 353 g/mol. The van der Waals surface area contributed by atoms with Crippen molar-refractivity contribution >= 4 is 46.6 Å². The third kappa shape index (κ3) is 6.73. The molecule has 0 aliphatic heterocycles. The molecule has 0 saturated heterocycles. The molecule has 1 N–H and O–H groups in total. The Kier molecular flexibility index (Phi) is 7.59. The molecule has 0 aliphatic carbocycles. The molecule has 2 aromatic rings. The first-order chi connectivity index (χ1) is 11.1. The van der Waals surface area contributed by atoms with Crippen LogP contribution < -0.4 is 10.1 Å². The van der Waals surface area contributed by atoms with Crippen molar-refractivity contribution in [3.8, 4) is 5.75 Å². The minimum atomic E-state index is -0.0404. The third-order valence-corrected chi connectivity index (χ3v) is 4.43. The number of amides is 1. The molecule has 0 spiro atoms. The van der Waals surface area contributed by atoms with E-state index >= 15 is 0 Å². The van der Waals surface area contributed by atoms with Crippen LogP contribution in [-0.2, 0) is 4.79 Å². The zero-order chi connectivity index (χ0) is 16.5. The molecule has 0 fully saturated rings. The number of anilines is 1. The van der Waals surface area contributed by atoms with E-state index in [-0.39, 0.29) is 5.91 Å². The number of carbonyl (C=O) groups excluding carboxylic acids is 1. The maximum atomic E-state index is 11.8. The Morgan fingerprint density at radius 1 is 1.09 bits per heavy atom. The highest BCUT2D eigenvalue weighted by Crippen LogP contribution is 2.21. The van der Waals surface area contributed by atoms with Gasteiger partial charge in [-0.3, -0.25) is 4.79 Å². The lowest BCUT2D eigenvalue weighted by molar-refractivity contribution is -0.115. The number of hydrogen-bond donors (Lipinski definition) is 1. The van der Waals surface area contributed by atoms with Gasteiger partial charge in [-0.15, -0.1) is 0 Å². The van der Waals surface area contributed by atoms with Crippen molar-refractivity contribution in [3.05, 3.63) is 58.6 Å². The Morgan fingerprint density at radius 3 is 2.70 bits per heavy atom. The summed E-state index contributed by atoms with van der Waals surface area (Å²) in [7, 11) is 0. The standard InChI is InChI=1S/C17H17Cl2NO2S/c18-13-4-3-5-14(12-13)22-9-11-23-10-8-17(21)20-16-7-2-1-6-15(16)19/h1-7,12H,8-11H2,(H,20,21). The van der Waals surface area contributed by atoms with Crippen LogP contribution in [0.2, 0.25) is 10.0 Å². The molecule has 0 aliphatic rings. The number of para-hydroxylation sites is 1. The predicted molar refractivity (Wildman–Crippen MR) is 99.0 cm³/mol. The number of ether oxygens (including phenoxy) is 1. The highest BCUT2D eigenvalue weighted by Gasteiger charge is 2.05. The van der Waals surface area contributed by atoms with Gasteiger partial charge >= 0.3 is 0 Å². The summed E-state index contributed by atoms with van der Waals surface area (Å²) in [5, 5.41) is 4.01. The van der Waals surface area contributed by atoms with E-state index in [9.17, 15) is 4.79 Å². The first-order valence-electron chi connectivity index (χ1n) is 7.15. The molecule has 23 heavy (non-hydrogen) atoms. The third-order valence-electron chi connectivity index (χ3n) is 2.91. The molecule has 1 amide bonds. The quantitative estimate of drug-likeness (QED) is 0.655. The van der Waals surface area contributed by atoms with Crippen molar-refractivity contribution in [2.75, 3.05) is 23.4 Å². The van der Waals surface area contributed by atoms with Gasteiger partial charge in [0, 0.05) is 22.9 Å². The lowest BCUT2D eigenvalue weighted by Crippen LogP contribution is -2.13. The molecule has 2 aromatic carbocycles. The van der Waals surface area contributed by atoms with Crippen molar-refractivity contribution < 1.29 is 9.53 Å². The van der Waals surface area contributed by atoms with Gasteiger partial charge in [-0.1, -0.05) is 41.4 Å². The summed E-state index contributed by atoms with van der Waals surface area (Å²) in [6.45, 7) is 0.580. The summed E-state index contributed by atoms with van der Waals surface area (Å²) >= 11 is 13.5. The van der Waals surface area contributed by atoms with Crippen LogP contribution in [0.15, 0.2) is 48.5 Å². The highest BCUT2D eigenvalue weighted by molar-refractivity contribution is 7.99. The second-order valence-electron chi connectivity index (χ2n) is 4.70. The van der Waals surface area contributed by atoms with Gasteiger partial charge in [-0.2, -0.15) is 11.8 Å². The van der Waals surface area contributed by atoms with Gasteiger partial charge in [0.15, 0.2) is 0 Å². The van der Waals surface area contributed by atoms with Crippen molar-refractivity contribution in [1.29, 1.82) is 0 Å². The van der Waals surface area contributed by atoms with E-state index in [4.69, 9.17) is 27.9 Å². The van der Waals surface area contributed by atoms with E-state index in [1.165, 1.54) is 0 Å². The summed E-state index contributed by atoms with van der Waals surface area (Å²) in [6, 6.07) is 14.5. The first-order valence-corrected chi connectivity index (χ1v) is 9.07. The molecule has 0 radical (unpaired) electrons. The van der Waals surface area contributed by atoms with Gasteiger partial charge in [0.05, 0.1) is 17.3 Å². The number of hydrogen-bond acceptors (Lipinski definition) is 3. The number of carbonyl (C=O) groups is 1. The fraction of sp³-hybridized carbons (Fsp3) is 0.235. The van der Waals surface area contributed by atoms with Crippen LogP contribution in [-0.4, -0.2) is 24.0 Å². The Morgan fingerprint density at radius 2 is 1.91 bits per heavy atom. The van der Waals surface area contributed by atoms with Crippen LogP contribution in [0.3, 0.4) is 0 Å². The zero-order valence-corrected chi connectivity index (χ0v) is 14.8. The van der Waals surface area contributed by atoms with Crippen LogP contribution in [0.25, 0.3) is 0 Å². The van der Waals surface area contributed by atoms with Gasteiger partial charge in [0.25, 0.3) is 0 Å². The first kappa shape index (κ1) is 18.0. The van der Waals surface area contributed by atoms with Crippen molar-refractivity contribution in [1.82, 2.24) is 0 Å².